The molecule has 19 heavy (non-hydrogen) atoms. The van der Waals surface area contributed by atoms with Crippen molar-refractivity contribution in [1.82, 2.24) is 30.0 Å². The number of nitrogens with zero attached hydrogens (tertiary/aromatic N) is 5. The molecule has 4 aromatic rings. The minimum Gasteiger partial charge on any atom is -0.274 e. The Labute approximate surface area is 123 Å². The quantitative estimate of drug-likeness (QED) is 0.601. The fourth-order valence-electron chi connectivity index (χ4n) is 1.70. The van der Waals surface area contributed by atoms with Crippen molar-refractivity contribution in [3.05, 3.63) is 28.2 Å². The van der Waals surface area contributed by atoms with Gasteiger partial charge in [0.1, 0.15) is 5.69 Å². The summed E-state index contributed by atoms with van der Waals surface area (Å²) in [4.78, 5) is 1.81. The number of halogens is 1. The van der Waals surface area contributed by atoms with Gasteiger partial charge >= 0.3 is 0 Å². The minimum absolute atomic E-state index is 0.764. The normalized spacial score (nSPS) is 11.4. The Morgan fingerprint density at radius 3 is 3.00 bits per heavy atom. The molecule has 0 saturated carbocycles. The van der Waals surface area contributed by atoms with Gasteiger partial charge in [-0.15, -0.1) is 21.5 Å². The highest BCUT2D eigenvalue weighted by atomic mass is 79.9. The van der Waals surface area contributed by atoms with Crippen LogP contribution in [-0.2, 0) is 0 Å². The summed E-state index contributed by atoms with van der Waals surface area (Å²) < 4.78 is 2.65. The number of aromatic nitrogens is 6. The van der Waals surface area contributed by atoms with E-state index in [1.54, 1.807) is 22.0 Å². The highest BCUT2D eigenvalue weighted by molar-refractivity contribution is 9.10. The molecule has 0 fully saturated rings. The van der Waals surface area contributed by atoms with Gasteiger partial charge in [0.25, 0.3) is 0 Å². The first-order valence-corrected chi connectivity index (χ1v) is 7.77. The van der Waals surface area contributed by atoms with E-state index in [9.17, 15) is 0 Å². The van der Waals surface area contributed by atoms with Crippen molar-refractivity contribution in [2.45, 2.75) is 0 Å². The molecule has 0 aliphatic rings. The van der Waals surface area contributed by atoms with Crippen LogP contribution >= 0.6 is 38.6 Å². The number of hydrogen-bond acceptors (Lipinski definition) is 6. The van der Waals surface area contributed by atoms with Crippen LogP contribution in [0, 0.1) is 0 Å². The van der Waals surface area contributed by atoms with E-state index >= 15 is 0 Å². The Bertz CT molecular complexity index is 843. The fraction of sp³-hybridized carbons (Fsp3) is 0. The lowest BCUT2D eigenvalue weighted by molar-refractivity contribution is 0.966. The summed E-state index contributed by atoms with van der Waals surface area (Å²) in [6.07, 6.45) is 1.71. The molecule has 0 atom stereocenters. The summed E-state index contributed by atoms with van der Waals surface area (Å²) in [5, 5.41) is 22.6. The molecule has 0 amide bonds. The van der Waals surface area contributed by atoms with Gasteiger partial charge in [-0.2, -0.15) is 14.7 Å². The highest BCUT2D eigenvalue weighted by Crippen LogP contribution is 2.31. The molecule has 0 aliphatic heterocycles. The zero-order valence-corrected chi connectivity index (χ0v) is 12.5. The van der Waals surface area contributed by atoms with Crippen LogP contribution < -0.4 is 0 Å². The van der Waals surface area contributed by atoms with E-state index in [0.29, 0.717) is 0 Å². The molecule has 6 nitrogen and oxygen atoms in total. The number of hydrogen-bond donors (Lipinski definition) is 1. The summed E-state index contributed by atoms with van der Waals surface area (Å²) in [6, 6.07) is 3.99. The Morgan fingerprint density at radius 1 is 1.32 bits per heavy atom. The molecule has 0 radical (unpaired) electrons. The number of H-pyrrole nitrogens is 1. The van der Waals surface area contributed by atoms with Crippen molar-refractivity contribution in [1.29, 1.82) is 0 Å². The SMILES string of the molecule is Brc1cn[nH]c1-c1nn2c(-c3cccs3)nnc2s1. The summed E-state index contributed by atoms with van der Waals surface area (Å²) in [5.74, 6) is 0.767. The second kappa shape index (κ2) is 4.22. The first-order chi connectivity index (χ1) is 9.33. The third-order valence-corrected chi connectivity index (χ3v) is 4.92. The van der Waals surface area contributed by atoms with E-state index in [1.807, 2.05) is 17.5 Å². The smallest absolute Gasteiger partial charge is 0.235 e. The highest BCUT2D eigenvalue weighted by Gasteiger charge is 2.17. The standard InChI is InChI=1S/C10H5BrN6S2/c11-5-4-12-13-7(5)9-16-17-8(6-2-1-3-18-6)14-15-10(17)19-9/h1-4H,(H,12,13). The maximum Gasteiger partial charge on any atom is 0.235 e. The average molecular weight is 353 g/mol. The monoisotopic (exact) mass is 352 g/mol. The zero-order chi connectivity index (χ0) is 12.8. The molecule has 4 rings (SSSR count). The molecule has 0 spiro atoms. The first kappa shape index (κ1) is 11.3. The van der Waals surface area contributed by atoms with Crippen molar-refractivity contribution < 1.29 is 0 Å². The van der Waals surface area contributed by atoms with Crippen LogP contribution in [-0.4, -0.2) is 30.0 Å². The third-order valence-electron chi connectivity index (χ3n) is 2.54. The molecule has 0 unspecified atom stereocenters. The second-order valence-corrected chi connectivity index (χ2v) is 6.45. The van der Waals surface area contributed by atoms with Crippen molar-refractivity contribution >= 4 is 43.6 Å². The Hall–Kier alpha value is -1.58. The van der Waals surface area contributed by atoms with Gasteiger partial charge in [0.15, 0.2) is 10.8 Å². The zero-order valence-electron chi connectivity index (χ0n) is 9.24. The third kappa shape index (κ3) is 1.73. The van der Waals surface area contributed by atoms with E-state index in [-0.39, 0.29) is 0 Å². The average Bonchev–Trinajstić information content (AvgIpc) is 3.10. The summed E-state index contributed by atoms with van der Waals surface area (Å²) in [6.45, 7) is 0. The lowest BCUT2D eigenvalue weighted by Gasteiger charge is -1.91. The number of thiophene rings is 1. The Balaban J connectivity index is 1.92. The largest absolute Gasteiger partial charge is 0.274 e. The predicted octanol–water partition coefficient (Wildman–Crippen LogP) is 3.07. The molecule has 0 aromatic carbocycles. The van der Waals surface area contributed by atoms with Gasteiger partial charge in [0, 0.05) is 0 Å². The van der Waals surface area contributed by atoms with Crippen LogP contribution in [0.15, 0.2) is 28.2 Å². The van der Waals surface area contributed by atoms with Gasteiger partial charge in [-0.25, -0.2) is 0 Å². The van der Waals surface area contributed by atoms with E-state index < -0.39 is 0 Å². The molecule has 4 heterocycles. The Morgan fingerprint density at radius 2 is 2.26 bits per heavy atom. The van der Waals surface area contributed by atoms with Gasteiger partial charge < -0.3 is 0 Å². The molecular formula is C10H5BrN6S2. The molecule has 9 heteroatoms. The van der Waals surface area contributed by atoms with Crippen molar-refractivity contribution in [2.75, 3.05) is 0 Å². The van der Waals surface area contributed by atoms with Crippen LogP contribution in [0.3, 0.4) is 0 Å². The number of rotatable bonds is 2. The topological polar surface area (TPSA) is 71.8 Å². The number of fused-ring (bicyclic) bond motifs is 1. The summed E-state index contributed by atoms with van der Waals surface area (Å²) >= 11 is 6.52. The Kier molecular flexibility index (Phi) is 2.50. The van der Waals surface area contributed by atoms with Crippen molar-refractivity contribution in [3.8, 4) is 21.4 Å². The molecule has 0 saturated heterocycles. The van der Waals surface area contributed by atoms with Crippen LogP contribution in [0.2, 0.25) is 0 Å². The van der Waals surface area contributed by atoms with Gasteiger partial charge in [-0.1, -0.05) is 17.4 Å². The van der Waals surface area contributed by atoms with Crippen LogP contribution in [0.1, 0.15) is 0 Å². The molecular weight excluding hydrogens is 348 g/mol. The summed E-state index contributed by atoms with van der Waals surface area (Å²) in [5.41, 5.74) is 0.854. The van der Waals surface area contributed by atoms with E-state index in [0.717, 1.165) is 30.8 Å². The lowest BCUT2D eigenvalue weighted by atomic mass is 10.4. The molecule has 0 aliphatic carbocycles. The molecule has 4 aromatic heterocycles. The second-order valence-electron chi connectivity index (χ2n) is 3.70. The molecule has 0 bridgehead atoms. The van der Waals surface area contributed by atoms with Gasteiger partial charge in [0.05, 0.1) is 15.5 Å². The van der Waals surface area contributed by atoms with Crippen molar-refractivity contribution in [2.24, 2.45) is 0 Å². The van der Waals surface area contributed by atoms with Crippen molar-refractivity contribution in [3.63, 3.8) is 0 Å². The lowest BCUT2D eigenvalue weighted by Crippen LogP contribution is -1.89. The van der Waals surface area contributed by atoms with Gasteiger partial charge in [-0.05, 0) is 27.4 Å². The van der Waals surface area contributed by atoms with E-state index in [4.69, 9.17) is 0 Å². The van der Waals surface area contributed by atoms with Crippen LogP contribution in [0.4, 0.5) is 0 Å². The van der Waals surface area contributed by atoms with Crippen LogP contribution in [0.5, 0.6) is 0 Å². The maximum atomic E-state index is 4.55. The van der Waals surface area contributed by atoms with E-state index in [1.165, 1.54) is 11.3 Å². The van der Waals surface area contributed by atoms with Crippen LogP contribution in [0.25, 0.3) is 26.4 Å². The van der Waals surface area contributed by atoms with E-state index in [2.05, 4.69) is 41.4 Å². The summed E-state index contributed by atoms with van der Waals surface area (Å²) in [7, 11) is 0. The molecule has 1 N–H and O–H groups in total. The van der Waals surface area contributed by atoms with Gasteiger partial charge in [-0.3, -0.25) is 5.10 Å². The minimum atomic E-state index is 0.764. The number of nitrogens with one attached hydrogen (secondary N) is 1. The predicted molar refractivity (Wildman–Crippen MR) is 77.3 cm³/mol. The number of aromatic amines is 1. The maximum absolute atomic E-state index is 4.55. The van der Waals surface area contributed by atoms with Gasteiger partial charge in [0.2, 0.25) is 4.96 Å². The first-order valence-electron chi connectivity index (χ1n) is 5.28. The fourth-order valence-corrected chi connectivity index (χ4v) is 3.75. The molecule has 94 valence electrons.